The third kappa shape index (κ3) is 1.93. The molecule has 0 saturated carbocycles. The lowest BCUT2D eigenvalue weighted by molar-refractivity contribution is 0.207. The molecule has 4 nitrogen and oxygen atoms in total. The van der Waals surface area contributed by atoms with Gasteiger partial charge in [0.2, 0.25) is 0 Å². The van der Waals surface area contributed by atoms with Crippen LogP contribution in [0, 0.1) is 0 Å². The Hall–Kier alpha value is -2.10. The van der Waals surface area contributed by atoms with Crippen molar-refractivity contribution < 1.29 is 4.74 Å². The van der Waals surface area contributed by atoms with Crippen LogP contribution in [0.1, 0.15) is 5.56 Å². The molecule has 3 rings (SSSR count). The molecule has 1 aliphatic rings. The van der Waals surface area contributed by atoms with Crippen molar-refractivity contribution in [1.29, 1.82) is 0 Å². The summed E-state index contributed by atoms with van der Waals surface area (Å²) in [6.45, 7) is 0.543. The van der Waals surface area contributed by atoms with Gasteiger partial charge in [0.1, 0.15) is 11.9 Å². The Labute approximate surface area is 98.5 Å². The van der Waals surface area contributed by atoms with Crippen LogP contribution >= 0.6 is 0 Å². The minimum atomic E-state index is -0.0421. The van der Waals surface area contributed by atoms with E-state index in [2.05, 4.69) is 11.1 Å². The van der Waals surface area contributed by atoms with E-state index < -0.39 is 0 Å². The van der Waals surface area contributed by atoms with Crippen LogP contribution in [0.4, 0.5) is 0 Å². The molecule has 1 aliphatic heterocycles. The van der Waals surface area contributed by atoms with E-state index in [9.17, 15) is 4.79 Å². The number of para-hydroxylation sites is 1. The molecule has 1 unspecified atom stereocenters. The summed E-state index contributed by atoms with van der Waals surface area (Å²) in [6.07, 6.45) is 3.92. The fourth-order valence-electron chi connectivity index (χ4n) is 2.09. The zero-order valence-corrected chi connectivity index (χ0v) is 9.24. The maximum atomic E-state index is 11.5. The number of aromatic nitrogens is 2. The standard InChI is InChI=1S/C13H12N2O2/c16-13-5-6-14-9-15(13)8-11-7-10-3-1-2-4-12(10)17-11/h1-6,9,11H,7-8H2. The molecule has 86 valence electrons. The van der Waals surface area contributed by atoms with Crippen molar-refractivity contribution in [2.45, 2.75) is 19.1 Å². The van der Waals surface area contributed by atoms with Crippen LogP contribution in [0.15, 0.2) is 47.7 Å². The van der Waals surface area contributed by atoms with Gasteiger partial charge < -0.3 is 4.74 Å². The summed E-state index contributed by atoms with van der Waals surface area (Å²) in [4.78, 5) is 15.5. The summed E-state index contributed by atoms with van der Waals surface area (Å²) in [5.74, 6) is 0.925. The van der Waals surface area contributed by atoms with Gasteiger partial charge in [0.15, 0.2) is 0 Å². The smallest absolute Gasteiger partial charge is 0.253 e. The molecule has 0 amide bonds. The highest BCUT2D eigenvalue weighted by Gasteiger charge is 2.22. The molecular weight excluding hydrogens is 216 g/mol. The van der Waals surface area contributed by atoms with Gasteiger partial charge in [-0.25, -0.2) is 4.98 Å². The maximum absolute atomic E-state index is 11.5. The number of nitrogens with zero attached hydrogens (tertiary/aromatic N) is 2. The van der Waals surface area contributed by atoms with E-state index in [1.54, 1.807) is 10.9 Å². The number of hydrogen-bond donors (Lipinski definition) is 0. The lowest BCUT2D eigenvalue weighted by atomic mass is 10.1. The first kappa shape index (κ1) is 10.1. The van der Waals surface area contributed by atoms with Crippen LogP contribution in [0.25, 0.3) is 0 Å². The topological polar surface area (TPSA) is 44.1 Å². The average molecular weight is 228 g/mol. The number of hydrogen-bond acceptors (Lipinski definition) is 3. The molecule has 1 atom stereocenters. The SMILES string of the molecule is O=c1ccncn1CC1Cc2ccccc2O1. The van der Waals surface area contributed by atoms with Gasteiger partial charge in [0.25, 0.3) is 5.56 Å². The Morgan fingerprint density at radius 3 is 3.06 bits per heavy atom. The highest BCUT2D eigenvalue weighted by Crippen LogP contribution is 2.28. The summed E-state index contributed by atoms with van der Waals surface area (Å²) < 4.78 is 7.36. The largest absolute Gasteiger partial charge is 0.488 e. The number of benzene rings is 1. The van der Waals surface area contributed by atoms with E-state index in [0.717, 1.165) is 12.2 Å². The van der Waals surface area contributed by atoms with Gasteiger partial charge in [-0.05, 0) is 11.6 Å². The summed E-state index contributed by atoms with van der Waals surface area (Å²) in [6, 6.07) is 9.43. The van der Waals surface area contributed by atoms with E-state index in [1.165, 1.54) is 17.8 Å². The van der Waals surface area contributed by atoms with Gasteiger partial charge in [-0.15, -0.1) is 0 Å². The lowest BCUT2D eigenvalue weighted by Gasteiger charge is -2.11. The van der Waals surface area contributed by atoms with Crippen LogP contribution in [-0.2, 0) is 13.0 Å². The van der Waals surface area contributed by atoms with Crippen molar-refractivity contribution >= 4 is 0 Å². The Bertz CT molecular complexity index is 567. The summed E-state index contributed by atoms with van der Waals surface area (Å²) in [5.41, 5.74) is 1.16. The molecule has 0 radical (unpaired) electrons. The molecule has 0 N–H and O–H groups in total. The molecule has 1 aromatic heterocycles. The van der Waals surface area contributed by atoms with Crippen molar-refractivity contribution in [3.63, 3.8) is 0 Å². The number of fused-ring (bicyclic) bond motifs is 1. The molecule has 0 aliphatic carbocycles. The van der Waals surface area contributed by atoms with Gasteiger partial charge >= 0.3 is 0 Å². The molecule has 0 spiro atoms. The third-order valence-corrected chi connectivity index (χ3v) is 2.91. The Kier molecular flexibility index (Phi) is 2.40. The number of rotatable bonds is 2. The van der Waals surface area contributed by atoms with Crippen LogP contribution in [0.3, 0.4) is 0 Å². The first-order chi connectivity index (χ1) is 8.33. The Morgan fingerprint density at radius 1 is 1.35 bits per heavy atom. The molecule has 4 heteroatoms. The Morgan fingerprint density at radius 2 is 2.24 bits per heavy atom. The van der Waals surface area contributed by atoms with Crippen molar-refractivity contribution in [2.24, 2.45) is 0 Å². The highest BCUT2D eigenvalue weighted by molar-refractivity contribution is 5.37. The normalized spacial score (nSPS) is 17.5. The second kappa shape index (κ2) is 4.05. The zero-order valence-electron chi connectivity index (χ0n) is 9.24. The van der Waals surface area contributed by atoms with Gasteiger partial charge in [0.05, 0.1) is 12.9 Å². The van der Waals surface area contributed by atoms with Gasteiger partial charge in [-0.2, -0.15) is 0 Å². The molecule has 17 heavy (non-hydrogen) atoms. The first-order valence-electron chi connectivity index (χ1n) is 5.58. The monoisotopic (exact) mass is 228 g/mol. The van der Waals surface area contributed by atoms with E-state index in [0.29, 0.717) is 6.54 Å². The van der Waals surface area contributed by atoms with Crippen LogP contribution in [-0.4, -0.2) is 15.7 Å². The maximum Gasteiger partial charge on any atom is 0.253 e. The Balaban J connectivity index is 1.78. The van der Waals surface area contributed by atoms with E-state index in [1.807, 2.05) is 18.2 Å². The minimum Gasteiger partial charge on any atom is -0.488 e. The van der Waals surface area contributed by atoms with Gasteiger partial charge in [0, 0.05) is 18.7 Å². The summed E-state index contributed by atoms with van der Waals surface area (Å²) >= 11 is 0. The first-order valence-corrected chi connectivity index (χ1v) is 5.58. The predicted molar refractivity (Wildman–Crippen MR) is 63.1 cm³/mol. The molecule has 1 aromatic carbocycles. The predicted octanol–water partition coefficient (Wildman–Crippen LogP) is 1.25. The van der Waals surface area contributed by atoms with Crippen LogP contribution in [0.5, 0.6) is 5.75 Å². The van der Waals surface area contributed by atoms with Gasteiger partial charge in [-0.3, -0.25) is 9.36 Å². The average Bonchev–Trinajstić information content (AvgIpc) is 2.74. The highest BCUT2D eigenvalue weighted by atomic mass is 16.5. The minimum absolute atomic E-state index is 0.0225. The second-order valence-electron chi connectivity index (χ2n) is 4.12. The summed E-state index contributed by atoms with van der Waals surface area (Å²) in [5, 5.41) is 0. The van der Waals surface area contributed by atoms with Crippen molar-refractivity contribution in [3.8, 4) is 5.75 Å². The fourth-order valence-corrected chi connectivity index (χ4v) is 2.09. The van der Waals surface area contributed by atoms with Crippen LogP contribution < -0.4 is 10.3 Å². The number of ether oxygens (including phenoxy) is 1. The molecule has 2 heterocycles. The van der Waals surface area contributed by atoms with Crippen molar-refractivity contribution in [1.82, 2.24) is 9.55 Å². The lowest BCUT2D eigenvalue weighted by Crippen LogP contribution is -2.28. The van der Waals surface area contributed by atoms with Gasteiger partial charge in [-0.1, -0.05) is 18.2 Å². The zero-order chi connectivity index (χ0) is 11.7. The van der Waals surface area contributed by atoms with E-state index in [4.69, 9.17) is 4.74 Å². The second-order valence-corrected chi connectivity index (χ2v) is 4.12. The summed E-state index contributed by atoms with van der Waals surface area (Å²) in [7, 11) is 0. The van der Waals surface area contributed by atoms with E-state index in [-0.39, 0.29) is 11.7 Å². The molecule has 0 bridgehead atoms. The molecule has 0 saturated heterocycles. The molecule has 2 aromatic rings. The van der Waals surface area contributed by atoms with Crippen molar-refractivity contribution in [3.05, 3.63) is 58.8 Å². The molecule has 0 fully saturated rings. The molecular formula is C13H12N2O2. The quantitative estimate of drug-likeness (QED) is 0.777. The third-order valence-electron chi connectivity index (χ3n) is 2.91. The van der Waals surface area contributed by atoms with Crippen LogP contribution in [0.2, 0.25) is 0 Å². The van der Waals surface area contributed by atoms with Crippen molar-refractivity contribution in [2.75, 3.05) is 0 Å². The van der Waals surface area contributed by atoms with E-state index >= 15 is 0 Å². The fraction of sp³-hybridized carbons (Fsp3) is 0.231.